The van der Waals surface area contributed by atoms with E-state index < -0.39 is 0 Å². The van der Waals surface area contributed by atoms with E-state index in [1.165, 1.54) is 10.4 Å². The fourth-order valence-corrected chi connectivity index (χ4v) is 2.60. The quantitative estimate of drug-likeness (QED) is 0.732. The minimum atomic E-state index is 0.474. The van der Waals surface area contributed by atoms with E-state index in [1.54, 1.807) is 11.3 Å². The Kier molecular flexibility index (Phi) is 3.45. The van der Waals surface area contributed by atoms with Crippen molar-refractivity contribution in [2.75, 3.05) is 0 Å². The molecule has 2 rings (SSSR count). The zero-order valence-electron chi connectivity index (χ0n) is 8.53. The van der Waals surface area contributed by atoms with Gasteiger partial charge in [-0.3, -0.25) is 0 Å². The molecule has 0 aliphatic rings. The number of halogens is 1. The van der Waals surface area contributed by atoms with Crippen LogP contribution in [0.15, 0.2) is 35.7 Å². The molecule has 2 heteroatoms. The van der Waals surface area contributed by atoms with Crippen LogP contribution in [0.4, 0.5) is 0 Å². The number of benzene rings is 1. The van der Waals surface area contributed by atoms with Crippen LogP contribution in [-0.4, -0.2) is 0 Å². The van der Waals surface area contributed by atoms with Crippen LogP contribution >= 0.6 is 22.9 Å². The van der Waals surface area contributed by atoms with Gasteiger partial charge in [-0.25, -0.2) is 0 Å². The minimum absolute atomic E-state index is 0.474. The third kappa shape index (κ3) is 2.83. The topological polar surface area (TPSA) is 0 Å². The molecule has 0 fully saturated rings. The van der Waals surface area contributed by atoms with Gasteiger partial charge in [-0.15, -0.1) is 11.3 Å². The molecule has 0 unspecified atom stereocenters. The maximum Gasteiger partial charge on any atom is 0.0409 e. The maximum atomic E-state index is 5.95. The van der Waals surface area contributed by atoms with E-state index in [4.69, 9.17) is 11.6 Å². The van der Waals surface area contributed by atoms with E-state index in [0.29, 0.717) is 5.92 Å². The van der Waals surface area contributed by atoms with Gasteiger partial charge in [0.15, 0.2) is 0 Å². The van der Waals surface area contributed by atoms with Crippen molar-refractivity contribution in [1.82, 2.24) is 0 Å². The highest BCUT2D eigenvalue weighted by Crippen LogP contribution is 2.24. The smallest absolute Gasteiger partial charge is 0.0409 e. The van der Waals surface area contributed by atoms with Crippen LogP contribution in [0.1, 0.15) is 23.3 Å². The van der Waals surface area contributed by atoms with Crippen molar-refractivity contribution in [3.8, 4) is 0 Å². The maximum absolute atomic E-state index is 5.95. The molecule has 0 spiro atoms. The van der Waals surface area contributed by atoms with Gasteiger partial charge in [0.2, 0.25) is 0 Å². The standard InChI is InChI=1S/C13H12ClS/c1-10(8-13-6-3-7-15-13)11-4-2-5-12(14)9-11/h2-3,5-7,9-10H,8H2,1H3/t10-/m1/s1. The normalized spacial score (nSPS) is 12.7. The second-order valence-corrected chi connectivity index (χ2v) is 5.12. The molecule has 15 heavy (non-hydrogen) atoms. The van der Waals surface area contributed by atoms with Gasteiger partial charge in [0, 0.05) is 9.90 Å². The van der Waals surface area contributed by atoms with Crippen LogP contribution in [0.2, 0.25) is 5.02 Å². The van der Waals surface area contributed by atoms with Gasteiger partial charge in [-0.1, -0.05) is 30.7 Å². The zero-order valence-corrected chi connectivity index (χ0v) is 10.1. The fraction of sp³-hybridized carbons (Fsp3) is 0.231. The molecule has 0 saturated heterocycles. The Morgan fingerprint density at radius 1 is 1.47 bits per heavy atom. The summed E-state index contributed by atoms with van der Waals surface area (Å²) in [5, 5.41) is 2.91. The summed E-state index contributed by atoms with van der Waals surface area (Å²) in [7, 11) is 0. The Balaban J connectivity index is 2.11. The molecule has 2 aromatic rings. The molecule has 0 nitrogen and oxygen atoms in total. The monoisotopic (exact) mass is 235 g/mol. The summed E-state index contributed by atoms with van der Waals surface area (Å²) in [6.07, 6.45) is 1.06. The lowest BCUT2D eigenvalue weighted by Crippen LogP contribution is -1.96. The number of thiophene rings is 1. The zero-order chi connectivity index (χ0) is 10.7. The van der Waals surface area contributed by atoms with Crippen molar-refractivity contribution < 1.29 is 0 Å². The lowest BCUT2D eigenvalue weighted by atomic mass is 9.97. The van der Waals surface area contributed by atoms with Crippen LogP contribution in [0.5, 0.6) is 0 Å². The van der Waals surface area contributed by atoms with Crippen molar-refractivity contribution >= 4 is 22.9 Å². The van der Waals surface area contributed by atoms with E-state index >= 15 is 0 Å². The Labute approximate surface area is 99.5 Å². The lowest BCUT2D eigenvalue weighted by molar-refractivity contribution is 0.767. The van der Waals surface area contributed by atoms with E-state index in [0.717, 1.165) is 11.4 Å². The largest absolute Gasteiger partial charge is 0.149 e. The van der Waals surface area contributed by atoms with Crippen LogP contribution in [0.3, 0.4) is 0 Å². The Morgan fingerprint density at radius 2 is 2.33 bits per heavy atom. The van der Waals surface area contributed by atoms with E-state index in [-0.39, 0.29) is 0 Å². The first-order valence-electron chi connectivity index (χ1n) is 4.95. The fourth-order valence-electron chi connectivity index (χ4n) is 1.58. The Hall–Kier alpha value is -0.790. The van der Waals surface area contributed by atoms with Crippen LogP contribution < -0.4 is 0 Å². The molecule has 1 atom stereocenters. The Bertz CT molecular complexity index is 420. The van der Waals surface area contributed by atoms with Crippen LogP contribution in [0, 0.1) is 6.07 Å². The van der Waals surface area contributed by atoms with Crippen molar-refractivity contribution in [2.24, 2.45) is 0 Å². The second-order valence-electron chi connectivity index (χ2n) is 3.65. The average molecular weight is 236 g/mol. The molecule has 1 radical (unpaired) electrons. The third-order valence-corrected chi connectivity index (χ3v) is 3.54. The number of hydrogen-bond acceptors (Lipinski definition) is 1. The third-order valence-electron chi connectivity index (χ3n) is 2.40. The summed E-state index contributed by atoms with van der Waals surface area (Å²) < 4.78 is 0. The summed E-state index contributed by atoms with van der Waals surface area (Å²) in [6.45, 7) is 2.21. The van der Waals surface area contributed by atoms with E-state index in [1.807, 2.05) is 18.2 Å². The Morgan fingerprint density at radius 3 is 3.00 bits per heavy atom. The highest BCUT2D eigenvalue weighted by atomic mass is 35.5. The first kappa shape index (κ1) is 10.7. The summed E-state index contributed by atoms with van der Waals surface area (Å²) in [5.41, 5.74) is 1.19. The highest BCUT2D eigenvalue weighted by Gasteiger charge is 2.07. The van der Waals surface area contributed by atoms with Gasteiger partial charge in [-0.05, 0) is 47.5 Å². The lowest BCUT2D eigenvalue weighted by Gasteiger charge is -2.10. The highest BCUT2D eigenvalue weighted by molar-refractivity contribution is 7.09. The van der Waals surface area contributed by atoms with Crippen molar-refractivity contribution in [3.63, 3.8) is 0 Å². The van der Waals surface area contributed by atoms with Crippen LogP contribution in [-0.2, 0) is 6.42 Å². The van der Waals surface area contributed by atoms with Gasteiger partial charge in [0.05, 0.1) is 0 Å². The van der Waals surface area contributed by atoms with E-state index in [2.05, 4.69) is 30.5 Å². The molecule has 1 heterocycles. The average Bonchev–Trinajstić information content (AvgIpc) is 2.70. The van der Waals surface area contributed by atoms with Gasteiger partial charge < -0.3 is 0 Å². The summed E-state index contributed by atoms with van der Waals surface area (Å²) in [4.78, 5) is 1.41. The van der Waals surface area contributed by atoms with Gasteiger partial charge in [0.1, 0.15) is 0 Å². The molecule has 0 aliphatic heterocycles. The van der Waals surface area contributed by atoms with Crippen molar-refractivity contribution in [3.05, 3.63) is 57.2 Å². The summed E-state index contributed by atoms with van der Waals surface area (Å²) in [6, 6.07) is 13.3. The van der Waals surface area contributed by atoms with Gasteiger partial charge >= 0.3 is 0 Å². The number of hydrogen-bond donors (Lipinski definition) is 0. The predicted octanol–water partition coefficient (Wildman–Crippen LogP) is 4.55. The van der Waals surface area contributed by atoms with E-state index in [9.17, 15) is 0 Å². The second kappa shape index (κ2) is 4.82. The molecule has 1 aromatic carbocycles. The van der Waals surface area contributed by atoms with Crippen molar-refractivity contribution in [1.29, 1.82) is 0 Å². The number of rotatable bonds is 3. The molecule has 0 saturated carbocycles. The first-order chi connectivity index (χ1) is 7.25. The van der Waals surface area contributed by atoms with Gasteiger partial charge in [0.25, 0.3) is 0 Å². The van der Waals surface area contributed by atoms with Gasteiger partial charge in [-0.2, -0.15) is 0 Å². The molecule has 1 aromatic heterocycles. The molecular formula is C13H12ClS. The molecular weight excluding hydrogens is 224 g/mol. The molecule has 0 bridgehead atoms. The van der Waals surface area contributed by atoms with Crippen molar-refractivity contribution in [2.45, 2.75) is 19.3 Å². The minimum Gasteiger partial charge on any atom is -0.149 e. The SMILES string of the molecule is C[C@H](Cc1cccs1)c1[c]ccc(Cl)c1. The molecule has 77 valence electrons. The summed E-state index contributed by atoms with van der Waals surface area (Å²) >= 11 is 7.76. The van der Waals surface area contributed by atoms with Crippen LogP contribution in [0.25, 0.3) is 0 Å². The predicted molar refractivity (Wildman–Crippen MR) is 66.7 cm³/mol. The molecule has 0 aliphatic carbocycles. The molecule has 0 N–H and O–H groups in total. The first-order valence-corrected chi connectivity index (χ1v) is 6.21. The molecule has 0 amide bonds. The summed E-state index contributed by atoms with van der Waals surface area (Å²) in [5.74, 6) is 0.474.